The van der Waals surface area contributed by atoms with Crippen molar-refractivity contribution in [3.05, 3.63) is 53.6 Å². The molecule has 2 aromatic carbocycles. The third kappa shape index (κ3) is 14.6. The van der Waals surface area contributed by atoms with Crippen LogP contribution in [0.15, 0.2) is 42.5 Å². The molecular weight excluding hydrogens is 738 g/mol. The maximum Gasteiger partial charge on any atom is 0.511 e. The van der Waals surface area contributed by atoms with Gasteiger partial charge in [-0.3, -0.25) is 14.5 Å². The van der Waals surface area contributed by atoms with Gasteiger partial charge in [0.05, 0.1) is 38.4 Å². The Hall–Kier alpha value is -4.76. The van der Waals surface area contributed by atoms with Gasteiger partial charge in [-0.2, -0.15) is 0 Å². The minimum absolute atomic E-state index is 0.0443. The molecule has 3 N–H and O–H groups in total. The van der Waals surface area contributed by atoms with E-state index in [1.807, 2.05) is 32.0 Å². The number of methoxy groups -OCH3 is 3. The zero-order valence-corrected chi connectivity index (χ0v) is 35.0. The van der Waals surface area contributed by atoms with Crippen molar-refractivity contribution in [3.63, 3.8) is 0 Å². The summed E-state index contributed by atoms with van der Waals surface area (Å²) in [6.07, 6.45) is -0.0824. The molecule has 0 bridgehead atoms. The molecule has 1 aliphatic rings. The minimum atomic E-state index is -1.00. The number of carbonyl (C=O) groups excluding carboxylic acids is 4. The smallest absolute Gasteiger partial charge is 0.497 e. The lowest BCUT2D eigenvalue weighted by Crippen LogP contribution is -2.47. The zero-order chi connectivity index (χ0) is 42.1. The third-order valence-electron chi connectivity index (χ3n) is 10.3. The molecule has 0 saturated carbocycles. The van der Waals surface area contributed by atoms with E-state index >= 15 is 0 Å². The number of rotatable bonds is 23. The van der Waals surface area contributed by atoms with Crippen LogP contribution in [0.5, 0.6) is 17.2 Å². The average molecular weight is 802 g/mol. The van der Waals surface area contributed by atoms with E-state index in [0.717, 1.165) is 17.5 Å². The summed E-state index contributed by atoms with van der Waals surface area (Å²) in [6, 6.07) is 12.4. The maximum absolute atomic E-state index is 13.6. The number of hydrogen-bond acceptors (Lipinski definition) is 12. The summed E-state index contributed by atoms with van der Waals surface area (Å²) in [6.45, 7) is 11.8. The van der Waals surface area contributed by atoms with Gasteiger partial charge in [0.25, 0.3) is 0 Å². The van der Waals surface area contributed by atoms with Crippen LogP contribution in [0.4, 0.5) is 9.59 Å². The van der Waals surface area contributed by atoms with E-state index in [1.165, 1.54) is 4.90 Å². The molecule has 4 atom stereocenters. The van der Waals surface area contributed by atoms with Crippen LogP contribution in [0.2, 0.25) is 0 Å². The van der Waals surface area contributed by atoms with Crippen LogP contribution in [0.1, 0.15) is 71.9 Å². The molecule has 1 fully saturated rings. The Morgan fingerprint density at radius 3 is 2.19 bits per heavy atom. The first-order valence-electron chi connectivity index (χ1n) is 19.4. The van der Waals surface area contributed by atoms with E-state index in [0.29, 0.717) is 49.7 Å². The van der Waals surface area contributed by atoms with E-state index in [-0.39, 0.29) is 43.5 Å². The van der Waals surface area contributed by atoms with Gasteiger partial charge in [-0.05, 0) is 86.3 Å². The van der Waals surface area contributed by atoms with Crippen molar-refractivity contribution >= 4 is 24.1 Å². The van der Waals surface area contributed by atoms with Crippen LogP contribution in [-0.2, 0) is 46.3 Å². The molecule has 57 heavy (non-hydrogen) atoms. The number of ether oxygens (including phenoxy) is 8. The molecule has 15 heteroatoms. The molecule has 2 aromatic rings. The fourth-order valence-electron chi connectivity index (χ4n) is 6.40. The Balaban J connectivity index is 1.78. The second-order valence-electron chi connectivity index (χ2n) is 15.6. The lowest BCUT2D eigenvalue weighted by atomic mass is 9.80. The number of amides is 3. The van der Waals surface area contributed by atoms with Gasteiger partial charge in [0, 0.05) is 32.6 Å². The van der Waals surface area contributed by atoms with Crippen molar-refractivity contribution in [1.82, 2.24) is 10.2 Å². The van der Waals surface area contributed by atoms with Crippen molar-refractivity contribution < 1.29 is 57.1 Å². The fourth-order valence-corrected chi connectivity index (χ4v) is 6.40. The summed E-state index contributed by atoms with van der Waals surface area (Å²) >= 11 is 0. The van der Waals surface area contributed by atoms with Crippen LogP contribution < -0.4 is 25.3 Å². The van der Waals surface area contributed by atoms with E-state index in [1.54, 1.807) is 59.4 Å². The van der Waals surface area contributed by atoms with E-state index in [4.69, 9.17) is 43.6 Å². The molecule has 318 valence electrons. The molecule has 0 aromatic heterocycles. The van der Waals surface area contributed by atoms with Gasteiger partial charge in [-0.1, -0.05) is 45.9 Å². The molecule has 0 radical (unpaired) electrons. The van der Waals surface area contributed by atoms with Crippen molar-refractivity contribution in [3.8, 4) is 17.2 Å². The summed E-state index contributed by atoms with van der Waals surface area (Å²) in [5, 5.41) is 2.90. The van der Waals surface area contributed by atoms with Crippen LogP contribution >= 0.6 is 0 Å². The van der Waals surface area contributed by atoms with Crippen LogP contribution in [0, 0.1) is 29.1 Å². The first kappa shape index (κ1) is 46.6. The average Bonchev–Trinajstić information content (AvgIpc) is 3.58. The third-order valence-corrected chi connectivity index (χ3v) is 10.3. The van der Waals surface area contributed by atoms with E-state index < -0.39 is 48.4 Å². The molecule has 1 aliphatic heterocycles. The fraction of sp³-hybridized carbons (Fsp3) is 0.619. The Kier molecular flexibility index (Phi) is 18.7. The number of nitrogens with two attached hydrogens (primary N) is 1. The normalized spacial score (nSPS) is 16.5. The standard InChI is InChI=1S/C42H63N3O12/c1-27(2)31(19-30-13-16-35(52-9)37(20-30)53-18-10-17-50-7)21-34-36(22-33(28(3)4)38(46)44-24-42(5,6)39(43)47)55-25-45(34)40(48)56-26-57-41(49)54-23-29-11-14-32(51-8)15-12-29/h11-16,20,27-28,31,33-34,36H,10,17-19,21-26H2,1-9H3,(H2,43,47)(H,44,46)/t31-,33-,34-,36-/m0/s1. The molecule has 1 heterocycles. The van der Waals surface area contributed by atoms with Crippen LogP contribution in [0.3, 0.4) is 0 Å². The molecule has 3 amide bonds. The summed E-state index contributed by atoms with van der Waals surface area (Å²) < 4.78 is 43.8. The molecule has 0 aliphatic carbocycles. The predicted molar refractivity (Wildman–Crippen MR) is 212 cm³/mol. The number of primary amides is 1. The molecule has 0 unspecified atom stereocenters. The molecule has 1 saturated heterocycles. The largest absolute Gasteiger partial charge is 0.511 e. The van der Waals surface area contributed by atoms with Crippen molar-refractivity contribution in [2.24, 2.45) is 34.8 Å². The van der Waals surface area contributed by atoms with E-state index in [2.05, 4.69) is 19.2 Å². The maximum atomic E-state index is 13.6. The molecule has 3 rings (SSSR count). The van der Waals surface area contributed by atoms with Gasteiger partial charge in [0.15, 0.2) is 11.5 Å². The van der Waals surface area contributed by atoms with Gasteiger partial charge in [0.2, 0.25) is 18.6 Å². The number of carbonyl (C=O) groups is 4. The summed E-state index contributed by atoms with van der Waals surface area (Å²) in [5.74, 6) is 0.810. The van der Waals surface area contributed by atoms with Crippen LogP contribution in [-0.4, -0.2) is 95.7 Å². The summed E-state index contributed by atoms with van der Waals surface area (Å²) in [4.78, 5) is 53.0. The van der Waals surface area contributed by atoms with Crippen molar-refractivity contribution in [2.45, 2.75) is 86.0 Å². The highest BCUT2D eigenvalue weighted by atomic mass is 16.8. The Morgan fingerprint density at radius 1 is 0.877 bits per heavy atom. The van der Waals surface area contributed by atoms with E-state index in [9.17, 15) is 19.2 Å². The van der Waals surface area contributed by atoms with Crippen molar-refractivity contribution in [2.75, 3.05) is 54.6 Å². The lowest BCUT2D eigenvalue weighted by Gasteiger charge is -2.33. The first-order chi connectivity index (χ1) is 27.1. The second-order valence-corrected chi connectivity index (χ2v) is 15.6. The Morgan fingerprint density at radius 2 is 1.58 bits per heavy atom. The second kappa shape index (κ2) is 22.8. The van der Waals surface area contributed by atoms with Gasteiger partial charge in [0.1, 0.15) is 19.1 Å². The summed E-state index contributed by atoms with van der Waals surface area (Å²) in [5.41, 5.74) is 6.36. The monoisotopic (exact) mass is 801 g/mol. The number of nitrogens with one attached hydrogen (secondary N) is 1. The molecular formula is C42H63N3O12. The number of nitrogens with zero attached hydrogens (tertiary/aromatic N) is 1. The van der Waals surface area contributed by atoms with Crippen LogP contribution in [0.25, 0.3) is 0 Å². The topological polar surface area (TPSA) is 183 Å². The number of hydrogen-bond donors (Lipinski definition) is 2. The SMILES string of the molecule is COCCCOc1cc(C[C@@H](C[C@H]2[C@H](C[C@H](C(=O)NCC(C)(C)C(N)=O)C(C)C)OCN2C(=O)OCOC(=O)OCc2ccc(OC)cc2)C(C)C)ccc1OC. The molecule has 0 spiro atoms. The quantitative estimate of drug-likeness (QED) is 0.0751. The Labute approximate surface area is 337 Å². The molecule has 15 nitrogen and oxygen atoms in total. The number of benzene rings is 2. The van der Waals surface area contributed by atoms with Crippen molar-refractivity contribution in [1.29, 1.82) is 0 Å². The zero-order valence-electron chi connectivity index (χ0n) is 35.0. The van der Waals surface area contributed by atoms with Gasteiger partial charge >= 0.3 is 12.2 Å². The van der Waals surface area contributed by atoms with Gasteiger partial charge < -0.3 is 48.9 Å². The summed E-state index contributed by atoms with van der Waals surface area (Å²) in [7, 11) is 4.80. The lowest BCUT2D eigenvalue weighted by molar-refractivity contribution is -0.130. The highest BCUT2D eigenvalue weighted by molar-refractivity contribution is 5.83. The predicted octanol–water partition coefficient (Wildman–Crippen LogP) is 6.09. The minimum Gasteiger partial charge on any atom is -0.497 e. The first-order valence-corrected chi connectivity index (χ1v) is 19.4. The highest BCUT2D eigenvalue weighted by Crippen LogP contribution is 2.36. The van der Waals surface area contributed by atoms with Gasteiger partial charge in [-0.15, -0.1) is 0 Å². The van der Waals surface area contributed by atoms with Gasteiger partial charge in [-0.25, -0.2) is 9.59 Å². The Bertz CT molecular complexity index is 1580. The highest BCUT2D eigenvalue weighted by Gasteiger charge is 2.43.